The van der Waals surface area contributed by atoms with E-state index in [4.69, 9.17) is 4.42 Å². The van der Waals surface area contributed by atoms with E-state index in [1.165, 1.54) is 46.6 Å². The molecule has 0 N–H and O–H groups in total. The molecule has 1 fully saturated rings. The van der Waals surface area contributed by atoms with Crippen LogP contribution in [0, 0.1) is 6.92 Å². The summed E-state index contributed by atoms with van der Waals surface area (Å²) < 4.78 is 33.1. The van der Waals surface area contributed by atoms with E-state index in [1.54, 1.807) is 11.2 Å². The van der Waals surface area contributed by atoms with E-state index < -0.39 is 10.0 Å². The summed E-state index contributed by atoms with van der Waals surface area (Å²) in [7, 11) is -3.68. The summed E-state index contributed by atoms with van der Waals surface area (Å²) in [6, 6.07) is 10.1. The molecule has 1 aliphatic rings. The van der Waals surface area contributed by atoms with E-state index in [1.807, 2.05) is 6.07 Å². The summed E-state index contributed by atoms with van der Waals surface area (Å²) in [5.41, 5.74) is 4.50. The summed E-state index contributed by atoms with van der Waals surface area (Å²) in [6.45, 7) is 8.90. The van der Waals surface area contributed by atoms with Crippen molar-refractivity contribution in [3.8, 4) is 0 Å². The molecule has 1 amide bonds. The van der Waals surface area contributed by atoms with Crippen molar-refractivity contribution in [2.75, 3.05) is 26.2 Å². The Morgan fingerprint density at radius 2 is 1.68 bits per heavy atom. The van der Waals surface area contributed by atoms with Gasteiger partial charge in [-0.15, -0.1) is 0 Å². The molecule has 8 heteroatoms. The molecular weight excluding hydrogens is 452 g/mol. The van der Waals surface area contributed by atoms with Gasteiger partial charge in [-0.1, -0.05) is 26.0 Å². The first kappa shape index (κ1) is 24.2. The summed E-state index contributed by atoms with van der Waals surface area (Å²) in [5, 5.41) is 0.956. The van der Waals surface area contributed by atoms with Gasteiger partial charge in [-0.25, -0.2) is 8.42 Å². The third-order valence-electron chi connectivity index (χ3n) is 6.50. The second kappa shape index (κ2) is 9.35. The molecule has 1 aliphatic heterocycles. The Hall–Kier alpha value is -2.97. The topological polar surface area (TPSA) is 87.9 Å². The zero-order valence-corrected chi connectivity index (χ0v) is 20.8. The molecule has 0 bridgehead atoms. The van der Waals surface area contributed by atoms with Gasteiger partial charge < -0.3 is 9.32 Å². The average Bonchev–Trinajstić information content (AvgIpc) is 3.19. The Balaban J connectivity index is 1.43. The fourth-order valence-electron chi connectivity index (χ4n) is 4.47. The lowest BCUT2D eigenvalue weighted by Crippen LogP contribution is -2.50. The average molecular weight is 483 g/mol. The van der Waals surface area contributed by atoms with Gasteiger partial charge in [0.1, 0.15) is 5.58 Å². The lowest BCUT2D eigenvalue weighted by atomic mass is 9.95. The normalized spacial score (nSPS) is 15.3. The van der Waals surface area contributed by atoms with Crippen LogP contribution < -0.4 is 0 Å². The van der Waals surface area contributed by atoms with Gasteiger partial charge in [0.25, 0.3) is 0 Å². The first-order valence-corrected chi connectivity index (χ1v) is 12.9. The zero-order valence-electron chi connectivity index (χ0n) is 20.0. The van der Waals surface area contributed by atoms with Crippen LogP contribution in [0.2, 0.25) is 0 Å². The Morgan fingerprint density at radius 1 is 1.03 bits per heavy atom. The van der Waals surface area contributed by atoms with Gasteiger partial charge in [-0.2, -0.15) is 4.31 Å². The van der Waals surface area contributed by atoms with Gasteiger partial charge in [0.05, 0.1) is 17.6 Å². The van der Waals surface area contributed by atoms with Crippen molar-refractivity contribution in [1.29, 1.82) is 0 Å². The molecule has 2 heterocycles. The van der Waals surface area contributed by atoms with E-state index in [9.17, 15) is 18.0 Å². The highest BCUT2D eigenvalue weighted by atomic mass is 32.2. The maximum atomic E-state index is 13.0. The lowest BCUT2D eigenvalue weighted by Gasteiger charge is -2.34. The van der Waals surface area contributed by atoms with Crippen molar-refractivity contribution in [2.24, 2.45) is 0 Å². The predicted molar refractivity (Wildman–Crippen MR) is 131 cm³/mol. The number of piperazine rings is 1. The van der Waals surface area contributed by atoms with Crippen LogP contribution in [-0.2, 0) is 21.2 Å². The van der Waals surface area contributed by atoms with Gasteiger partial charge in [-0.05, 0) is 55.2 Å². The fraction of sp³-hybridized carbons (Fsp3) is 0.385. The number of Topliss-reactive ketones (excluding diaryl/α,β-unsaturated/α-hetero) is 1. The number of carbonyl (C=O) groups excluding carboxylic acids is 2. The molecule has 2 aromatic carbocycles. The third kappa shape index (κ3) is 4.65. The Labute approximate surface area is 200 Å². The molecule has 0 radical (unpaired) electrons. The number of sulfonamides is 1. The molecule has 7 nitrogen and oxygen atoms in total. The van der Waals surface area contributed by atoms with Crippen LogP contribution in [0.1, 0.15) is 53.7 Å². The number of ketones is 1. The lowest BCUT2D eigenvalue weighted by molar-refractivity contribution is -0.131. The number of rotatable bonds is 6. The summed E-state index contributed by atoms with van der Waals surface area (Å²) in [4.78, 5) is 26.3. The minimum Gasteiger partial charge on any atom is -0.464 e. The predicted octanol–water partition coefficient (Wildman–Crippen LogP) is 4.14. The molecule has 1 aromatic heterocycles. The zero-order chi connectivity index (χ0) is 24.6. The molecule has 1 saturated heterocycles. The molecule has 0 atom stereocenters. The van der Waals surface area contributed by atoms with Crippen LogP contribution in [-0.4, -0.2) is 55.5 Å². The summed E-state index contributed by atoms with van der Waals surface area (Å²) >= 11 is 0. The Morgan fingerprint density at radius 3 is 2.26 bits per heavy atom. The van der Waals surface area contributed by atoms with Crippen LogP contribution in [0.5, 0.6) is 0 Å². The SMILES string of the molecule is CC(=O)c1ccc(S(=O)(=O)N2CCN(C(=O)Cc3coc4cc(C)c(C(C)C)cc34)CC2)cc1. The maximum Gasteiger partial charge on any atom is 0.243 e. The van der Waals surface area contributed by atoms with E-state index in [0.29, 0.717) is 24.6 Å². The third-order valence-corrected chi connectivity index (χ3v) is 8.41. The Bertz CT molecular complexity index is 1330. The molecule has 3 aromatic rings. The number of hydrogen-bond donors (Lipinski definition) is 0. The van der Waals surface area contributed by atoms with Gasteiger partial charge in [0.2, 0.25) is 15.9 Å². The van der Waals surface area contributed by atoms with E-state index >= 15 is 0 Å². The second-order valence-electron chi connectivity index (χ2n) is 9.16. The number of hydrogen-bond acceptors (Lipinski definition) is 5. The second-order valence-corrected chi connectivity index (χ2v) is 11.1. The number of aryl methyl sites for hydroxylation is 1. The summed E-state index contributed by atoms with van der Waals surface area (Å²) in [5.74, 6) is 0.214. The van der Waals surface area contributed by atoms with Gasteiger partial charge in [-0.3, -0.25) is 9.59 Å². The largest absolute Gasteiger partial charge is 0.464 e. The number of furan rings is 1. The highest BCUT2D eigenvalue weighted by Crippen LogP contribution is 2.29. The molecule has 4 rings (SSSR count). The van der Waals surface area contributed by atoms with Crippen LogP contribution in [0.15, 0.2) is 52.0 Å². The molecule has 34 heavy (non-hydrogen) atoms. The van der Waals surface area contributed by atoms with E-state index in [-0.39, 0.29) is 36.1 Å². The molecule has 0 aliphatic carbocycles. The fourth-order valence-corrected chi connectivity index (χ4v) is 5.89. The number of nitrogens with zero attached hydrogens (tertiary/aromatic N) is 2. The molecule has 0 saturated carbocycles. The van der Waals surface area contributed by atoms with E-state index in [2.05, 4.69) is 26.8 Å². The van der Waals surface area contributed by atoms with Crippen molar-refractivity contribution < 1.29 is 22.4 Å². The van der Waals surface area contributed by atoms with Crippen molar-refractivity contribution in [3.63, 3.8) is 0 Å². The van der Waals surface area contributed by atoms with Crippen LogP contribution in [0.3, 0.4) is 0 Å². The standard InChI is InChI=1S/C26H30N2O5S/c1-17(2)23-15-24-21(16-33-25(24)13-18(23)3)14-26(30)27-9-11-28(12-10-27)34(31,32)22-7-5-20(6-8-22)19(4)29/h5-8,13,15-17H,9-12,14H2,1-4H3. The van der Waals surface area contributed by atoms with Crippen molar-refractivity contribution in [3.05, 3.63) is 64.9 Å². The van der Waals surface area contributed by atoms with Gasteiger partial charge >= 0.3 is 0 Å². The smallest absolute Gasteiger partial charge is 0.243 e. The highest BCUT2D eigenvalue weighted by molar-refractivity contribution is 7.89. The van der Waals surface area contributed by atoms with Gasteiger partial charge in [0.15, 0.2) is 5.78 Å². The van der Waals surface area contributed by atoms with Crippen LogP contribution >= 0.6 is 0 Å². The quantitative estimate of drug-likeness (QED) is 0.493. The number of fused-ring (bicyclic) bond motifs is 1. The van der Waals surface area contributed by atoms with Crippen LogP contribution in [0.4, 0.5) is 0 Å². The number of amides is 1. The molecule has 180 valence electrons. The van der Waals surface area contributed by atoms with Crippen molar-refractivity contribution in [2.45, 2.75) is 44.9 Å². The summed E-state index contributed by atoms with van der Waals surface area (Å²) in [6.07, 6.45) is 1.87. The monoisotopic (exact) mass is 482 g/mol. The van der Waals surface area contributed by atoms with E-state index in [0.717, 1.165) is 16.5 Å². The van der Waals surface area contributed by atoms with Crippen LogP contribution in [0.25, 0.3) is 11.0 Å². The minimum absolute atomic E-state index is 0.0442. The molecule has 0 spiro atoms. The Kier molecular flexibility index (Phi) is 6.64. The minimum atomic E-state index is -3.68. The first-order chi connectivity index (χ1) is 16.1. The van der Waals surface area contributed by atoms with Gasteiger partial charge in [0, 0.05) is 42.7 Å². The number of benzene rings is 2. The molecular formula is C26H30N2O5S. The molecule has 0 unspecified atom stereocenters. The maximum absolute atomic E-state index is 13.0. The van der Waals surface area contributed by atoms with Crippen molar-refractivity contribution >= 4 is 32.7 Å². The first-order valence-electron chi connectivity index (χ1n) is 11.5. The highest BCUT2D eigenvalue weighted by Gasteiger charge is 2.30. The van der Waals surface area contributed by atoms with Crippen molar-refractivity contribution in [1.82, 2.24) is 9.21 Å². The number of carbonyl (C=O) groups is 2.